The van der Waals surface area contributed by atoms with Crippen molar-refractivity contribution >= 4 is 28.8 Å². The molecule has 36 heavy (non-hydrogen) atoms. The molecule has 4 saturated carbocycles. The first-order valence-corrected chi connectivity index (χ1v) is 15.7. The Morgan fingerprint density at radius 2 is 1.81 bits per heavy atom. The molecule has 0 saturated heterocycles. The van der Waals surface area contributed by atoms with Gasteiger partial charge >= 0.3 is 0 Å². The summed E-state index contributed by atoms with van der Waals surface area (Å²) < 4.78 is 0.768. The van der Waals surface area contributed by atoms with Crippen LogP contribution in [0.25, 0.3) is 0 Å². The van der Waals surface area contributed by atoms with Crippen LogP contribution in [0, 0.1) is 46.3 Å². The maximum absolute atomic E-state index is 13.1. The third-order valence-electron chi connectivity index (χ3n) is 11.6. The highest BCUT2D eigenvalue weighted by Gasteiger charge is 2.62. The average molecular weight is 536 g/mol. The summed E-state index contributed by atoms with van der Waals surface area (Å²) in [5.41, 5.74) is 0.412. The largest absolute Gasteiger partial charge is 0.393 e. The molecular formula is C30H46ClNO3S. The summed E-state index contributed by atoms with van der Waals surface area (Å²) in [6, 6.07) is 3.98. The SMILES string of the molecule is CCC(NC(=O)C[C@@H](C)[C@H]1CC[C@H]2[C@@H]3C[C@H](O)[C@@H]4C[C@H](O)CC[C@]4(C)[C@H]3CC[C@]12C)c1ccc(Cl)s1. The zero-order valence-corrected chi connectivity index (χ0v) is 24.1. The van der Waals surface area contributed by atoms with Crippen molar-refractivity contribution in [2.45, 2.75) is 110 Å². The summed E-state index contributed by atoms with van der Waals surface area (Å²) in [5, 5.41) is 24.9. The minimum atomic E-state index is -0.285. The molecule has 4 aliphatic rings. The summed E-state index contributed by atoms with van der Waals surface area (Å²) in [5.74, 6) is 3.19. The molecule has 6 heteroatoms. The monoisotopic (exact) mass is 535 g/mol. The first-order valence-electron chi connectivity index (χ1n) is 14.5. The number of nitrogens with one attached hydrogen (secondary N) is 1. The molecule has 1 amide bonds. The summed E-state index contributed by atoms with van der Waals surface area (Å²) in [6.45, 7) is 9.34. The standard InChI is InChI=1S/C30H46ClNO3S/c1-5-24(26-8-9-27(31)36-26)32-28(35)14-17(2)20-6-7-21-19-16-25(34)23-15-18(33)10-12-30(23,4)22(19)11-13-29(20,21)3/h8-9,17-25,33-34H,5-7,10-16H2,1-4H3,(H,32,35)/t17-,18-,19+,20-,21+,22+,23+,24?,25+,29-,30-/m1/s1. The predicted octanol–water partition coefficient (Wildman–Crippen LogP) is 6.99. The fourth-order valence-corrected chi connectivity index (χ4v) is 11.0. The Morgan fingerprint density at radius 3 is 2.50 bits per heavy atom. The topological polar surface area (TPSA) is 69.6 Å². The van der Waals surface area contributed by atoms with Gasteiger partial charge in [0.2, 0.25) is 5.91 Å². The van der Waals surface area contributed by atoms with Crippen LogP contribution in [0.2, 0.25) is 4.34 Å². The fraction of sp³-hybridized carbons (Fsp3) is 0.833. The Hall–Kier alpha value is -0.620. The maximum atomic E-state index is 13.1. The van der Waals surface area contributed by atoms with Crippen molar-refractivity contribution in [2.24, 2.45) is 46.3 Å². The van der Waals surface area contributed by atoms with E-state index in [1.165, 1.54) is 25.7 Å². The van der Waals surface area contributed by atoms with Gasteiger partial charge in [0.05, 0.1) is 22.6 Å². The van der Waals surface area contributed by atoms with Crippen LogP contribution in [0.15, 0.2) is 12.1 Å². The number of aliphatic hydroxyl groups excluding tert-OH is 2. The van der Waals surface area contributed by atoms with Crippen molar-refractivity contribution in [3.63, 3.8) is 0 Å². The first kappa shape index (κ1) is 27.0. The van der Waals surface area contributed by atoms with Gasteiger partial charge in [0.15, 0.2) is 0 Å². The van der Waals surface area contributed by atoms with Crippen molar-refractivity contribution in [2.75, 3.05) is 0 Å². The third-order valence-corrected chi connectivity index (χ3v) is 12.9. The number of hydrogen-bond acceptors (Lipinski definition) is 4. The molecular weight excluding hydrogens is 490 g/mol. The van der Waals surface area contributed by atoms with Crippen molar-refractivity contribution in [1.29, 1.82) is 0 Å². The van der Waals surface area contributed by atoms with Crippen molar-refractivity contribution in [1.82, 2.24) is 5.32 Å². The smallest absolute Gasteiger partial charge is 0.220 e. The van der Waals surface area contributed by atoms with Crippen LogP contribution in [0.5, 0.6) is 0 Å². The molecule has 4 fully saturated rings. The average Bonchev–Trinajstić information content (AvgIpc) is 3.41. The Labute approximate surface area is 226 Å². The predicted molar refractivity (Wildman–Crippen MR) is 147 cm³/mol. The number of carbonyl (C=O) groups excluding carboxylic acids is 1. The van der Waals surface area contributed by atoms with Crippen LogP contribution in [-0.4, -0.2) is 28.3 Å². The first-order chi connectivity index (χ1) is 17.1. The molecule has 0 radical (unpaired) electrons. The van der Waals surface area contributed by atoms with E-state index in [-0.39, 0.29) is 40.9 Å². The van der Waals surface area contributed by atoms with E-state index in [1.807, 2.05) is 12.1 Å². The lowest BCUT2D eigenvalue weighted by molar-refractivity contribution is -0.172. The molecule has 202 valence electrons. The normalized spacial score (nSPS) is 43.7. The van der Waals surface area contributed by atoms with Crippen LogP contribution in [0.4, 0.5) is 0 Å². The maximum Gasteiger partial charge on any atom is 0.220 e. The van der Waals surface area contributed by atoms with Gasteiger partial charge in [0.25, 0.3) is 0 Å². The van der Waals surface area contributed by atoms with E-state index in [0.717, 1.165) is 41.3 Å². The van der Waals surface area contributed by atoms with Crippen molar-refractivity contribution < 1.29 is 15.0 Å². The summed E-state index contributed by atoms with van der Waals surface area (Å²) >= 11 is 7.69. The van der Waals surface area contributed by atoms with Crippen LogP contribution in [0.3, 0.4) is 0 Å². The van der Waals surface area contributed by atoms with Crippen LogP contribution >= 0.6 is 22.9 Å². The highest BCUT2D eigenvalue weighted by Crippen LogP contribution is 2.68. The second kappa shape index (κ2) is 10.2. The minimum absolute atomic E-state index is 0.0379. The number of carbonyl (C=O) groups is 1. The summed E-state index contributed by atoms with van der Waals surface area (Å²) in [6.07, 6.45) is 9.43. The Balaban J connectivity index is 1.26. The van der Waals surface area contributed by atoms with Crippen molar-refractivity contribution in [3.05, 3.63) is 21.3 Å². The van der Waals surface area contributed by atoms with Crippen molar-refractivity contribution in [3.8, 4) is 0 Å². The van der Waals surface area contributed by atoms with E-state index in [0.29, 0.717) is 36.0 Å². The molecule has 1 aromatic rings. The number of fused-ring (bicyclic) bond motifs is 5. The molecule has 0 aliphatic heterocycles. The molecule has 0 spiro atoms. The number of aliphatic hydroxyl groups is 2. The molecule has 11 atom stereocenters. The van der Waals surface area contributed by atoms with Gasteiger partial charge in [-0.15, -0.1) is 11.3 Å². The molecule has 1 aromatic heterocycles. The zero-order chi connectivity index (χ0) is 25.8. The van der Waals surface area contributed by atoms with Gasteiger partial charge in [-0.25, -0.2) is 0 Å². The molecule has 1 unspecified atom stereocenters. The van der Waals surface area contributed by atoms with Gasteiger partial charge in [-0.1, -0.05) is 39.3 Å². The molecule has 1 heterocycles. The minimum Gasteiger partial charge on any atom is -0.393 e. The lowest BCUT2D eigenvalue weighted by Crippen LogP contribution is -2.58. The van der Waals surface area contributed by atoms with Gasteiger partial charge < -0.3 is 15.5 Å². The van der Waals surface area contributed by atoms with Crippen LogP contribution < -0.4 is 5.32 Å². The van der Waals surface area contributed by atoms with Gasteiger partial charge in [-0.2, -0.15) is 0 Å². The number of rotatable bonds is 6. The number of thiophene rings is 1. The Kier molecular flexibility index (Phi) is 7.62. The van der Waals surface area contributed by atoms with Gasteiger partial charge in [0, 0.05) is 11.3 Å². The van der Waals surface area contributed by atoms with E-state index in [2.05, 4.69) is 33.0 Å². The van der Waals surface area contributed by atoms with E-state index >= 15 is 0 Å². The third kappa shape index (κ3) is 4.58. The van der Waals surface area contributed by atoms with Gasteiger partial charge in [0.1, 0.15) is 0 Å². The van der Waals surface area contributed by atoms with Crippen LogP contribution in [-0.2, 0) is 4.79 Å². The van der Waals surface area contributed by atoms with Crippen LogP contribution in [0.1, 0.15) is 103 Å². The second-order valence-electron chi connectivity index (χ2n) is 13.3. The van der Waals surface area contributed by atoms with E-state index in [1.54, 1.807) is 11.3 Å². The molecule has 0 bridgehead atoms. The van der Waals surface area contributed by atoms with E-state index in [9.17, 15) is 15.0 Å². The number of hydrogen-bond donors (Lipinski definition) is 3. The quantitative estimate of drug-likeness (QED) is 0.368. The molecule has 5 rings (SSSR count). The summed E-state index contributed by atoms with van der Waals surface area (Å²) in [7, 11) is 0. The highest BCUT2D eigenvalue weighted by molar-refractivity contribution is 7.16. The summed E-state index contributed by atoms with van der Waals surface area (Å²) in [4.78, 5) is 14.3. The molecule has 0 aromatic carbocycles. The number of halogens is 1. The molecule has 4 nitrogen and oxygen atoms in total. The Morgan fingerprint density at radius 1 is 1.08 bits per heavy atom. The second-order valence-corrected chi connectivity index (χ2v) is 15.0. The van der Waals surface area contributed by atoms with Gasteiger partial charge in [-0.05, 0) is 116 Å². The van der Waals surface area contributed by atoms with Gasteiger partial charge in [-0.3, -0.25) is 4.79 Å². The lowest BCUT2D eigenvalue weighted by atomic mass is 9.44. The molecule has 3 N–H and O–H groups in total. The van der Waals surface area contributed by atoms with E-state index in [4.69, 9.17) is 11.6 Å². The fourth-order valence-electron chi connectivity index (χ4n) is 9.83. The highest BCUT2D eigenvalue weighted by atomic mass is 35.5. The molecule has 4 aliphatic carbocycles. The van der Waals surface area contributed by atoms with E-state index < -0.39 is 0 Å². The number of amides is 1. The zero-order valence-electron chi connectivity index (χ0n) is 22.5. The Bertz CT molecular complexity index is 952. The lowest BCUT2D eigenvalue weighted by Gasteiger charge is -2.62.